The highest BCUT2D eigenvalue weighted by molar-refractivity contribution is 5.76. The Bertz CT molecular complexity index is 726. The third kappa shape index (κ3) is 4.91. The summed E-state index contributed by atoms with van der Waals surface area (Å²) in [6.45, 7) is 4.42. The van der Waals surface area contributed by atoms with Crippen LogP contribution in [-0.4, -0.2) is 41.9 Å². The third-order valence-corrected chi connectivity index (χ3v) is 4.68. The van der Waals surface area contributed by atoms with E-state index >= 15 is 0 Å². The van der Waals surface area contributed by atoms with Crippen molar-refractivity contribution in [1.29, 1.82) is 5.26 Å². The predicted octanol–water partition coefficient (Wildman–Crippen LogP) is 2.84. The number of rotatable bonds is 5. The van der Waals surface area contributed by atoms with Gasteiger partial charge in [0.2, 0.25) is 5.91 Å². The zero-order valence-corrected chi connectivity index (χ0v) is 14.4. The molecule has 128 valence electrons. The lowest BCUT2D eigenvalue weighted by atomic mass is 10.1. The molecule has 0 spiro atoms. The zero-order chi connectivity index (χ0) is 17.5. The summed E-state index contributed by atoms with van der Waals surface area (Å²) in [5.74, 6) is 0.226. The van der Waals surface area contributed by atoms with Gasteiger partial charge in [-0.25, -0.2) is 0 Å². The van der Waals surface area contributed by atoms with Gasteiger partial charge in [-0.1, -0.05) is 42.5 Å². The van der Waals surface area contributed by atoms with E-state index in [0.29, 0.717) is 12.0 Å². The first-order valence-corrected chi connectivity index (χ1v) is 8.78. The molecular weight excluding hydrogens is 310 g/mol. The van der Waals surface area contributed by atoms with Crippen molar-refractivity contribution in [3.8, 4) is 6.07 Å². The van der Waals surface area contributed by atoms with Gasteiger partial charge in [-0.15, -0.1) is 0 Å². The SMILES string of the molecule is N#Cc1ccc(CCC(=O)N2CCN(Cc3ccccc3)CC2)cc1. The molecule has 1 fully saturated rings. The Hall–Kier alpha value is -2.64. The van der Waals surface area contributed by atoms with E-state index in [1.807, 2.05) is 35.2 Å². The van der Waals surface area contributed by atoms with E-state index in [1.165, 1.54) is 5.56 Å². The topological polar surface area (TPSA) is 47.3 Å². The van der Waals surface area contributed by atoms with E-state index in [1.54, 1.807) is 0 Å². The van der Waals surface area contributed by atoms with Crippen molar-refractivity contribution in [2.45, 2.75) is 19.4 Å². The Kier molecular flexibility index (Phi) is 5.81. The molecule has 2 aromatic carbocycles. The molecule has 4 heteroatoms. The Morgan fingerprint density at radius 2 is 1.60 bits per heavy atom. The number of nitriles is 1. The van der Waals surface area contributed by atoms with E-state index in [4.69, 9.17) is 5.26 Å². The van der Waals surface area contributed by atoms with Crippen molar-refractivity contribution < 1.29 is 4.79 Å². The largest absolute Gasteiger partial charge is 0.340 e. The Morgan fingerprint density at radius 1 is 0.920 bits per heavy atom. The number of piperazine rings is 1. The number of hydrogen-bond acceptors (Lipinski definition) is 3. The highest BCUT2D eigenvalue weighted by Crippen LogP contribution is 2.11. The second-order valence-electron chi connectivity index (χ2n) is 6.45. The van der Waals surface area contributed by atoms with Crippen molar-refractivity contribution in [1.82, 2.24) is 9.80 Å². The molecule has 3 rings (SSSR count). The van der Waals surface area contributed by atoms with Gasteiger partial charge >= 0.3 is 0 Å². The highest BCUT2D eigenvalue weighted by atomic mass is 16.2. The number of carbonyl (C=O) groups is 1. The molecule has 0 atom stereocenters. The number of nitrogens with zero attached hydrogens (tertiary/aromatic N) is 3. The molecule has 2 aromatic rings. The van der Waals surface area contributed by atoms with Crippen LogP contribution in [0.3, 0.4) is 0 Å². The second kappa shape index (κ2) is 8.46. The van der Waals surface area contributed by atoms with Crippen LogP contribution in [0.5, 0.6) is 0 Å². The molecular formula is C21H23N3O. The summed E-state index contributed by atoms with van der Waals surface area (Å²) in [4.78, 5) is 16.8. The van der Waals surface area contributed by atoms with Gasteiger partial charge in [0.05, 0.1) is 11.6 Å². The maximum atomic E-state index is 12.4. The molecule has 0 N–H and O–H groups in total. The van der Waals surface area contributed by atoms with Crippen molar-refractivity contribution in [3.63, 3.8) is 0 Å². The summed E-state index contributed by atoms with van der Waals surface area (Å²) < 4.78 is 0. The highest BCUT2D eigenvalue weighted by Gasteiger charge is 2.20. The Morgan fingerprint density at radius 3 is 2.24 bits per heavy atom. The van der Waals surface area contributed by atoms with Crippen molar-refractivity contribution >= 4 is 5.91 Å². The quantitative estimate of drug-likeness (QED) is 0.845. The van der Waals surface area contributed by atoms with Gasteiger partial charge in [0, 0.05) is 39.1 Å². The molecule has 0 saturated carbocycles. The molecule has 0 bridgehead atoms. The van der Waals surface area contributed by atoms with Crippen molar-refractivity contribution in [2.24, 2.45) is 0 Å². The standard InChI is InChI=1S/C21H23N3O/c22-16-19-8-6-18(7-9-19)10-11-21(25)24-14-12-23(13-15-24)17-20-4-2-1-3-5-20/h1-9H,10-15,17H2. The van der Waals surface area contributed by atoms with Crippen LogP contribution < -0.4 is 0 Å². The molecule has 1 saturated heterocycles. The Labute approximate surface area is 149 Å². The van der Waals surface area contributed by atoms with Crippen LogP contribution in [0.2, 0.25) is 0 Å². The van der Waals surface area contributed by atoms with Gasteiger partial charge in [0.25, 0.3) is 0 Å². The molecule has 1 aliphatic rings. The number of aryl methyl sites for hydroxylation is 1. The monoisotopic (exact) mass is 333 g/mol. The summed E-state index contributed by atoms with van der Waals surface area (Å²) in [5.41, 5.74) is 3.09. The Balaban J connectivity index is 1.42. The van der Waals surface area contributed by atoms with Gasteiger partial charge in [0.15, 0.2) is 0 Å². The minimum absolute atomic E-state index is 0.226. The minimum Gasteiger partial charge on any atom is -0.340 e. The average molecular weight is 333 g/mol. The second-order valence-corrected chi connectivity index (χ2v) is 6.45. The molecule has 1 aliphatic heterocycles. The first kappa shape index (κ1) is 17.2. The summed E-state index contributed by atoms with van der Waals surface area (Å²) >= 11 is 0. The summed E-state index contributed by atoms with van der Waals surface area (Å²) in [6.07, 6.45) is 1.26. The number of hydrogen-bond donors (Lipinski definition) is 0. The van der Waals surface area contributed by atoms with Gasteiger partial charge in [-0.2, -0.15) is 5.26 Å². The number of carbonyl (C=O) groups excluding carboxylic acids is 1. The lowest BCUT2D eigenvalue weighted by molar-refractivity contribution is -0.133. The molecule has 1 amide bonds. The minimum atomic E-state index is 0.226. The normalized spacial score (nSPS) is 14.9. The fourth-order valence-electron chi connectivity index (χ4n) is 3.15. The van der Waals surface area contributed by atoms with E-state index in [-0.39, 0.29) is 5.91 Å². The molecule has 4 nitrogen and oxygen atoms in total. The lowest BCUT2D eigenvalue weighted by Crippen LogP contribution is -2.48. The fourth-order valence-corrected chi connectivity index (χ4v) is 3.15. The fraction of sp³-hybridized carbons (Fsp3) is 0.333. The van der Waals surface area contributed by atoms with Crippen LogP contribution in [0.4, 0.5) is 0 Å². The van der Waals surface area contributed by atoms with Crippen LogP contribution in [-0.2, 0) is 17.8 Å². The van der Waals surface area contributed by atoms with Gasteiger partial charge in [-0.3, -0.25) is 9.69 Å². The summed E-state index contributed by atoms with van der Waals surface area (Å²) in [6, 6.07) is 20.1. The molecule has 0 aliphatic carbocycles. The van der Waals surface area contributed by atoms with Crippen LogP contribution in [0, 0.1) is 11.3 Å². The van der Waals surface area contributed by atoms with Crippen molar-refractivity contribution in [2.75, 3.05) is 26.2 Å². The van der Waals surface area contributed by atoms with Crippen LogP contribution in [0.15, 0.2) is 54.6 Å². The lowest BCUT2D eigenvalue weighted by Gasteiger charge is -2.34. The maximum absolute atomic E-state index is 12.4. The van der Waals surface area contributed by atoms with E-state index in [2.05, 4.69) is 35.2 Å². The summed E-state index contributed by atoms with van der Waals surface area (Å²) in [7, 11) is 0. The first-order valence-electron chi connectivity index (χ1n) is 8.78. The number of benzene rings is 2. The molecule has 1 heterocycles. The summed E-state index contributed by atoms with van der Waals surface area (Å²) in [5, 5.41) is 8.82. The predicted molar refractivity (Wildman–Crippen MR) is 97.8 cm³/mol. The van der Waals surface area contributed by atoms with Crippen LogP contribution >= 0.6 is 0 Å². The van der Waals surface area contributed by atoms with Crippen LogP contribution in [0.1, 0.15) is 23.1 Å². The maximum Gasteiger partial charge on any atom is 0.222 e. The molecule has 0 aromatic heterocycles. The zero-order valence-electron chi connectivity index (χ0n) is 14.4. The van der Waals surface area contributed by atoms with Crippen LogP contribution in [0.25, 0.3) is 0 Å². The van der Waals surface area contributed by atoms with Gasteiger partial charge in [-0.05, 0) is 29.7 Å². The first-order chi connectivity index (χ1) is 12.2. The van der Waals surface area contributed by atoms with Crippen molar-refractivity contribution in [3.05, 3.63) is 71.3 Å². The van der Waals surface area contributed by atoms with Gasteiger partial charge in [0.1, 0.15) is 0 Å². The molecule has 0 unspecified atom stereocenters. The number of amides is 1. The van der Waals surface area contributed by atoms with E-state index < -0.39 is 0 Å². The average Bonchev–Trinajstić information content (AvgIpc) is 2.68. The molecule has 25 heavy (non-hydrogen) atoms. The molecule has 0 radical (unpaired) electrons. The van der Waals surface area contributed by atoms with E-state index in [9.17, 15) is 4.79 Å². The third-order valence-electron chi connectivity index (χ3n) is 4.68. The smallest absolute Gasteiger partial charge is 0.222 e. The van der Waals surface area contributed by atoms with Gasteiger partial charge < -0.3 is 4.90 Å². The van der Waals surface area contributed by atoms with E-state index in [0.717, 1.165) is 44.7 Å².